The zero-order valence-electron chi connectivity index (χ0n) is 16.5. The smallest absolute Gasteiger partial charge is 0.245 e. The predicted molar refractivity (Wildman–Crippen MR) is 117 cm³/mol. The predicted octanol–water partition coefficient (Wildman–Crippen LogP) is 2.82. The number of rotatable bonds is 5. The first-order valence-electron chi connectivity index (χ1n) is 9.49. The first kappa shape index (κ1) is 22.0. The lowest BCUT2D eigenvalue weighted by atomic mass is 10.2. The molecule has 31 heavy (non-hydrogen) atoms. The van der Waals surface area contributed by atoms with Crippen LogP contribution in [0.4, 0.5) is 10.1 Å². The Bertz CT molecular complexity index is 1230. The number of hydrogen-bond acceptors (Lipinski definition) is 7. The van der Waals surface area contributed by atoms with Gasteiger partial charge < -0.3 is 5.32 Å². The molecule has 12 heteroatoms. The number of benzene rings is 2. The van der Waals surface area contributed by atoms with E-state index in [1.807, 2.05) is 4.90 Å². The second-order valence-electron chi connectivity index (χ2n) is 7.12. The summed E-state index contributed by atoms with van der Waals surface area (Å²) in [4.78, 5) is 14.6. The Morgan fingerprint density at radius 1 is 1.19 bits per heavy atom. The Balaban J connectivity index is 1.41. The van der Waals surface area contributed by atoms with E-state index in [4.69, 9.17) is 11.6 Å². The number of piperazine rings is 1. The lowest BCUT2D eigenvalue weighted by Crippen LogP contribution is -2.53. The lowest BCUT2D eigenvalue weighted by Gasteiger charge is -2.36. The van der Waals surface area contributed by atoms with Gasteiger partial charge in [-0.2, -0.15) is 13.1 Å². The number of amides is 1. The molecule has 1 aromatic heterocycles. The van der Waals surface area contributed by atoms with Gasteiger partial charge in [-0.25, -0.2) is 12.8 Å². The highest BCUT2D eigenvalue weighted by atomic mass is 35.5. The normalized spacial score (nSPS) is 17.0. The second-order valence-corrected chi connectivity index (χ2v) is 9.96. The summed E-state index contributed by atoms with van der Waals surface area (Å²) >= 11 is 6.73. The Hall–Kier alpha value is -2.18. The molecule has 0 saturated carbocycles. The van der Waals surface area contributed by atoms with Gasteiger partial charge >= 0.3 is 0 Å². The van der Waals surface area contributed by atoms with Gasteiger partial charge in [0, 0.05) is 31.9 Å². The number of halogens is 2. The molecule has 0 spiro atoms. The molecule has 0 radical (unpaired) electrons. The van der Waals surface area contributed by atoms with Crippen molar-refractivity contribution in [1.82, 2.24) is 18.0 Å². The average molecular weight is 484 g/mol. The van der Waals surface area contributed by atoms with Crippen molar-refractivity contribution in [3.8, 4) is 0 Å². The number of aromatic nitrogens is 2. The Kier molecular flexibility index (Phi) is 6.22. The summed E-state index contributed by atoms with van der Waals surface area (Å²) in [6, 6.07) is 8.38. The van der Waals surface area contributed by atoms with Crippen molar-refractivity contribution in [2.75, 3.05) is 31.5 Å². The molecule has 0 bridgehead atoms. The minimum atomic E-state index is -3.73. The van der Waals surface area contributed by atoms with Crippen LogP contribution in [0.25, 0.3) is 11.0 Å². The molecule has 1 fully saturated rings. The van der Waals surface area contributed by atoms with Crippen molar-refractivity contribution in [3.63, 3.8) is 0 Å². The van der Waals surface area contributed by atoms with Gasteiger partial charge in [-0.15, -0.1) is 0 Å². The zero-order chi connectivity index (χ0) is 22.2. The summed E-state index contributed by atoms with van der Waals surface area (Å²) < 4.78 is 49.2. The first-order valence-corrected chi connectivity index (χ1v) is 12.0. The summed E-state index contributed by atoms with van der Waals surface area (Å²) in [5.74, 6) is -0.841. The first-order chi connectivity index (χ1) is 14.8. The molecule has 164 valence electrons. The molecule has 3 aromatic rings. The van der Waals surface area contributed by atoms with Crippen LogP contribution in [0.15, 0.2) is 41.3 Å². The number of sulfonamides is 1. The summed E-state index contributed by atoms with van der Waals surface area (Å²) in [7, 11) is -3.73. The third kappa shape index (κ3) is 4.41. The SMILES string of the molecule is CC(C(=O)Nc1ccc(F)c(Cl)c1)N1CCN(S(=O)(=O)c2cccc3nsnc23)CC1. The fraction of sp³-hybridized carbons (Fsp3) is 0.316. The molecular formula is C19H19ClFN5O3S2. The van der Waals surface area contributed by atoms with Crippen LogP contribution in [-0.4, -0.2) is 64.5 Å². The van der Waals surface area contributed by atoms with Crippen molar-refractivity contribution < 1.29 is 17.6 Å². The molecule has 1 aliphatic heterocycles. The van der Waals surface area contributed by atoms with E-state index in [-0.39, 0.29) is 28.9 Å². The molecule has 1 aliphatic rings. The van der Waals surface area contributed by atoms with Gasteiger partial charge in [0.25, 0.3) is 0 Å². The molecule has 4 rings (SSSR count). The minimum Gasteiger partial charge on any atom is -0.325 e. The van der Waals surface area contributed by atoms with Crippen LogP contribution >= 0.6 is 23.3 Å². The number of carbonyl (C=O) groups is 1. The fourth-order valence-electron chi connectivity index (χ4n) is 3.45. The van der Waals surface area contributed by atoms with Crippen molar-refractivity contribution in [2.45, 2.75) is 17.9 Å². The number of nitrogens with zero attached hydrogens (tertiary/aromatic N) is 4. The molecule has 0 aliphatic carbocycles. The average Bonchev–Trinajstić information content (AvgIpc) is 3.24. The van der Waals surface area contributed by atoms with Gasteiger partial charge in [-0.3, -0.25) is 9.69 Å². The van der Waals surface area contributed by atoms with Crippen LogP contribution in [0, 0.1) is 5.82 Å². The molecule has 1 unspecified atom stereocenters. The highest BCUT2D eigenvalue weighted by Gasteiger charge is 2.33. The molecule has 1 saturated heterocycles. The van der Waals surface area contributed by atoms with Crippen molar-refractivity contribution >= 4 is 56.0 Å². The van der Waals surface area contributed by atoms with Crippen LogP contribution in [0.1, 0.15) is 6.92 Å². The number of anilines is 1. The number of nitrogens with one attached hydrogen (secondary N) is 1. The van der Waals surface area contributed by atoms with E-state index < -0.39 is 21.9 Å². The van der Waals surface area contributed by atoms with Gasteiger partial charge in [0.2, 0.25) is 15.9 Å². The standard InChI is InChI=1S/C19H19ClFN5O3S2/c1-12(19(27)22-13-5-6-15(21)14(20)11-13)25-7-9-26(10-8-25)31(28,29)17-4-2-3-16-18(17)24-30-23-16/h2-6,11-12H,7-10H2,1H3,(H,22,27). The van der Waals surface area contributed by atoms with E-state index in [9.17, 15) is 17.6 Å². The second kappa shape index (κ2) is 8.75. The van der Waals surface area contributed by atoms with E-state index in [1.165, 1.54) is 28.6 Å². The summed E-state index contributed by atoms with van der Waals surface area (Å²) in [6.45, 7) is 3.02. The van der Waals surface area contributed by atoms with Gasteiger partial charge in [0.05, 0.1) is 22.8 Å². The van der Waals surface area contributed by atoms with Crippen LogP contribution in [0.5, 0.6) is 0 Å². The third-order valence-electron chi connectivity index (χ3n) is 5.25. The highest BCUT2D eigenvalue weighted by Crippen LogP contribution is 2.25. The molecule has 8 nitrogen and oxygen atoms in total. The van der Waals surface area contributed by atoms with E-state index in [2.05, 4.69) is 14.1 Å². The Morgan fingerprint density at radius 2 is 1.94 bits per heavy atom. The van der Waals surface area contributed by atoms with Crippen LogP contribution in [0.2, 0.25) is 5.02 Å². The largest absolute Gasteiger partial charge is 0.325 e. The number of fused-ring (bicyclic) bond motifs is 1. The van der Waals surface area contributed by atoms with E-state index >= 15 is 0 Å². The van der Waals surface area contributed by atoms with Gasteiger partial charge in [0.15, 0.2) is 0 Å². The maximum absolute atomic E-state index is 13.3. The Labute approximate surface area is 188 Å². The number of hydrogen-bond donors (Lipinski definition) is 1. The van der Waals surface area contributed by atoms with Crippen molar-refractivity contribution in [3.05, 3.63) is 47.2 Å². The molecule has 1 atom stereocenters. The van der Waals surface area contributed by atoms with Gasteiger partial charge in [0.1, 0.15) is 21.7 Å². The van der Waals surface area contributed by atoms with Crippen LogP contribution in [0.3, 0.4) is 0 Å². The molecule has 1 N–H and O–H groups in total. The fourth-order valence-corrected chi connectivity index (χ4v) is 5.80. The Morgan fingerprint density at radius 3 is 2.65 bits per heavy atom. The van der Waals surface area contributed by atoms with Gasteiger partial charge in [-0.05, 0) is 37.3 Å². The van der Waals surface area contributed by atoms with Gasteiger partial charge in [-0.1, -0.05) is 17.7 Å². The quantitative estimate of drug-likeness (QED) is 0.599. The summed E-state index contributed by atoms with van der Waals surface area (Å²) in [6.07, 6.45) is 0. The highest BCUT2D eigenvalue weighted by molar-refractivity contribution is 7.89. The van der Waals surface area contributed by atoms with Crippen LogP contribution < -0.4 is 5.32 Å². The lowest BCUT2D eigenvalue weighted by molar-refractivity contribution is -0.121. The molecular weight excluding hydrogens is 465 g/mol. The van der Waals surface area contributed by atoms with Crippen molar-refractivity contribution in [1.29, 1.82) is 0 Å². The van der Waals surface area contributed by atoms with Crippen molar-refractivity contribution in [2.24, 2.45) is 0 Å². The molecule has 2 heterocycles. The zero-order valence-corrected chi connectivity index (χ0v) is 18.8. The van der Waals surface area contributed by atoms with E-state index in [0.717, 1.165) is 11.7 Å². The topological polar surface area (TPSA) is 95.5 Å². The third-order valence-corrected chi connectivity index (χ3v) is 8.02. The molecule has 2 aromatic carbocycles. The summed E-state index contributed by atoms with van der Waals surface area (Å²) in [5, 5.41) is 2.64. The minimum absolute atomic E-state index is 0.0744. The monoisotopic (exact) mass is 483 g/mol. The number of carbonyl (C=O) groups excluding carboxylic acids is 1. The summed E-state index contributed by atoms with van der Waals surface area (Å²) in [5.41, 5.74) is 1.32. The maximum atomic E-state index is 13.3. The molecule has 1 amide bonds. The maximum Gasteiger partial charge on any atom is 0.245 e. The van der Waals surface area contributed by atoms with Crippen LogP contribution in [-0.2, 0) is 14.8 Å². The van der Waals surface area contributed by atoms with E-state index in [1.54, 1.807) is 19.1 Å². The van der Waals surface area contributed by atoms with E-state index in [0.29, 0.717) is 29.8 Å².